The highest BCUT2D eigenvalue weighted by Gasteiger charge is 2.41. The van der Waals surface area contributed by atoms with Crippen molar-refractivity contribution < 1.29 is 9.21 Å². The van der Waals surface area contributed by atoms with E-state index in [9.17, 15) is 4.79 Å². The molecule has 1 saturated carbocycles. The molecule has 1 aliphatic carbocycles. The van der Waals surface area contributed by atoms with Crippen molar-refractivity contribution in [1.29, 1.82) is 0 Å². The van der Waals surface area contributed by atoms with Gasteiger partial charge in [-0.15, -0.1) is 11.6 Å². The van der Waals surface area contributed by atoms with Crippen LogP contribution in [0.1, 0.15) is 23.4 Å². The Bertz CT molecular complexity index is 373. The second-order valence-corrected chi connectivity index (χ2v) is 4.97. The third-order valence-corrected chi connectivity index (χ3v) is 3.65. The van der Waals surface area contributed by atoms with Crippen molar-refractivity contribution in [2.45, 2.75) is 12.8 Å². The lowest BCUT2D eigenvalue weighted by molar-refractivity contribution is 0.0917. The van der Waals surface area contributed by atoms with Crippen LogP contribution in [0.2, 0.25) is 0 Å². The van der Waals surface area contributed by atoms with E-state index < -0.39 is 0 Å². The molecular formula is C10H11BrClNO2. The van der Waals surface area contributed by atoms with Gasteiger partial charge in [0.05, 0.1) is 0 Å². The first kappa shape index (κ1) is 11.0. The molecule has 0 aromatic carbocycles. The lowest BCUT2D eigenvalue weighted by Gasteiger charge is -2.11. The van der Waals surface area contributed by atoms with Crippen molar-refractivity contribution in [2.75, 3.05) is 12.4 Å². The van der Waals surface area contributed by atoms with Crippen molar-refractivity contribution in [3.63, 3.8) is 0 Å². The molecule has 15 heavy (non-hydrogen) atoms. The Labute approximate surface area is 101 Å². The smallest absolute Gasteiger partial charge is 0.287 e. The van der Waals surface area contributed by atoms with Gasteiger partial charge in [-0.3, -0.25) is 4.79 Å². The Morgan fingerprint density at radius 1 is 1.60 bits per heavy atom. The van der Waals surface area contributed by atoms with Gasteiger partial charge in [-0.25, -0.2) is 0 Å². The molecule has 0 radical (unpaired) electrons. The molecule has 3 nitrogen and oxygen atoms in total. The molecule has 0 unspecified atom stereocenters. The van der Waals surface area contributed by atoms with Crippen molar-refractivity contribution in [2.24, 2.45) is 5.41 Å². The molecule has 0 aliphatic heterocycles. The van der Waals surface area contributed by atoms with Gasteiger partial charge >= 0.3 is 0 Å². The highest BCUT2D eigenvalue weighted by Crippen LogP contribution is 2.45. The zero-order valence-corrected chi connectivity index (χ0v) is 10.4. The predicted molar refractivity (Wildman–Crippen MR) is 61.1 cm³/mol. The lowest BCUT2D eigenvalue weighted by atomic mass is 10.1. The molecule has 0 bridgehead atoms. The van der Waals surface area contributed by atoms with Crippen LogP contribution in [-0.2, 0) is 0 Å². The maximum atomic E-state index is 11.6. The number of rotatable bonds is 4. The molecule has 1 aromatic rings. The molecule has 5 heteroatoms. The van der Waals surface area contributed by atoms with E-state index in [2.05, 4.69) is 21.2 Å². The van der Waals surface area contributed by atoms with E-state index in [1.54, 1.807) is 12.1 Å². The lowest BCUT2D eigenvalue weighted by Crippen LogP contribution is -2.30. The highest BCUT2D eigenvalue weighted by atomic mass is 79.9. The van der Waals surface area contributed by atoms with E-state index in [-0.39, 0.29) is 11.3 Å². The predicted octanol–water partition coefficient (Wildman–Crippen LogP) is 2.79. The van der Waals surface area contributed by atoms with Crippen LogP contribution in [0.25, 0.3) is 0 Å². The third-order valence-electron chi connectivity index (χ3n) is 2.66. The molecule has 1 N–H and O–H groups in total. The number of hydrogen-bond donors (Lipinski definition) is 1. The van der Waals surface area contributed by atoms with Crippen molar-refractivity contribution >= 4 is 33.4 Å². The summed E-state index contributed by atoms with van der Waals surface area (Å²) in [6.45, 7) is 0.633. The highest BCUT2D eigenvalue weighted by molar-refractivity contribution is 9.10. The fourth-order valence-corrected chi connectivity index (χ4v) is 1.99. The Morgan fingerprint density at radius 3 is 2.80 bits per heavy atom. The van der Waals surface area contributed by atoms with Gasteiger partial charge in [0, 0.05) is 17.8 Å². The first-order chi connectivity index (χ1) is 7.15. The van der Waals surface area contributed by atoms with E-state index in [1.165, 1.54) is 0 Å². The summed E-state index contributed by atoms with van der Waals surface area (Å²) < 4.78 is 5.70. The average molecular weight is 293 g/mol. The molecule has 82 valence electrons. The number of carbonyl (C=O) groups excluding carboxylic acids is 1. The maximum absolute atomic E-state index is 11.6. The second-order valence-electron chi connectivity index (χ2n) is 3.92. The van der Waals surface area contributed by atoms with Gasteiger partial charge in [-0.1, -0.05) is 0 Å². The molecule has 0 atom stereocenters. The molecule has 0 spiro atoms. The van der Waals surface area contributed by atoms with Gasteiger partial charge in [0.1, 0.15) is 0 Å². The summed E-state index contributed by atoms with van der Waals surface area (Å²) in [7, 11) is 0. The quantitative estimate of drug-likeness (QED) is 0.867. The first-order valence-electron chi connectivity index (χ1n) is 4.75. The van der Waals surface area contributed by atoms with Gasteiger partial charge in [-0.05, 0) is 40.9 Å². The molecule has 1 amide bonds. The van der Waals surface area contributed by atoms with Gasteiger partial charge in [0.15, 0.2) is 10.4 Å². The first-order valence-corrected chi connectivity index (χ1v) is 6.07. The molecule has 0 saturated heterocycles. The van der Waals surface area contributed by atoms with Crippen LogP contribution in [0.5, 0.6) is 0 Å². The van der Waals surface area contributed by atoms with Crippen molar-refractivity contribution in [3.05, 3.63) is 22.6 Å². The summed E-state index contributed by atoms with van der Waals surface area (Å²) in [6.07, 6.45) is 2.19. The third kappa shape index (κ3) is 2.55. The van der Waals surface area contributed by atoms with Gasteiger partial charge < -0.3 is 9.73 Å². The van der Waals surface area contributed by atoms with E-state index in [1.807, 2.05) is 0 Å². The summed E-state index contributed by atoms with van der Waals surface area (Å²) in [5.41, 5.74) is 0.140. The normalized spacial score (nSPS) is 17.5. The fourth-order valence-electron chi connectivity index (χ4n) is 1.33. The Morgan fingerprint density at radius 2 is 2.33 bits per heavy atom. The topological polar surface area (TPSA) is 42.2 Å². The fraction of sp³-hybridized carbons (Fsp3) is 0.500. The SMILES string of the molecule is O=C(NCC1(CCl)CC1)c1ccc(Br)o1. The Balaban J connectivity index is 1.88. The van der Waals surface area contributed by atoms with Crippen LogP contribution in [-0.4, -0.2) is 18.3 Å². The zero-order chi connectivity index (χ0) is 10.9. The van der Waals surface area contributed by atoms with Gasteiger partial charge in [0.25, 0.3) is 5.91 Å². The number of furan rings is 1. The monoisotopic (exact) mass is 291 g/mol. The van der Waals surface area contributed by atoms with Crippen LogP contribution in [0.15, 0.2) is 21.2 Å². The van der Waals surface area contributed by atoms with Crippen LogP contribution in [0.4, 0.5) is 0 Å². The molecule has 1 fully saturated rings. The summed E-state index contributed by atoms with van der Waals surface area (Å²) in [5, 5.41) is 2.83. The van der Waals surface area contributed by atoms with E-state index >= 15 is 0 Å². The zero-order valence-electron chi connectivity index (χ0n) is 8.06. The number of halogens is 2. The van der Waals surface area contributed by atoms with Crippen LogP contribution in [0.3, 0.4) is 0 Å². The minimum Gasteiger partial charge on any atom is -0.444 e. The minimum absolute atomic E-state index is 0.140. The molecule has 1 heterocycles. The minimum atomic E-state index is -0.183. The summed E-state index contributed by atoms with van der Waals surface area (Å²) in [5.74, 6) is 0.749. The molecule has 1 aromatic heterocycles. The molecule has 2 rings (SSSR count). The number of alkyl halides is 1. The Kier molecular flexibility index (Phi) is 3.07. The number of amides is 1. The number of carbonyl (C=O) groups is 1. The number of nitrogens with one attached hydrogen (secondary N) is 1. The largest absolute Gasteiger partial charge is 0.444 e. The van der Waals surface area contributed by atoms with E-state index in [4.69, 9.17) is 16.0 Å². The van der Waals surface area contributed by atoms with Crippen molar-refractivity contribution in [3.8, 4) is 0 Å². The molecular weight excluding hydrogens is 281 g/mol. The summed E-state index contributed by atoms with van der Waals surface area (Å²) in [6, 6.07) is 3.34. The van der Waals surface area contributed by atoms with Crippen molar-refractivity contribution in [1.82, 2.24) is 5.32 Å². The second kappa shape index (κ2) is 4.18. The van der Waals surface area contributed by atoms with Gasteiger partial charge in [0.2, 0.25) is 0 Å². The van der Waals surface area contributed by atoms with Gasteiger partial charge in [-0.2, -0.15) is 0 Å². The van der Waals surface area contributed by atoms with Crippen LogP contribution in [0, 0.1) is 5.41 Å². The number of hydrogen-bond acceptors (Lipinski definition) is 2. The summed E-state index contributed by atoms with van der Waals surface area (Å²) >= 11 is 8.96. The van der Waals surface area contributed by atoms with E-state index in [0.717, 1.165) is 12.8 Å². The van der Waals surface area contributed by atoms with Crippen LogP contribution < -0.4 is 5.32 Å². The maximum Gasteiger partial charge on any atom is 0.287 e. The average Bonchev–Trinajstić information content (AvgIpc) is 2.90. The standard InChI is InChI=1S/C10H11BrClNO2/c11-8-2-1-7(15-8)9(14)13-6-10(5-12)3-4-10/h1-2H,3-6H2,(H,13,14). The Hall–Kier alpha value is -0.480. The van der Waals surface area contributed by atoms with Crippen LogP contribution >= 0.6 is 27.5 Å². The molecule has 1 aliphatic rings. The summed E-state index contributed by atoms with van der Waals surface area (Å²) in [4.78, 5) is 11.6. The van der Waals surface area contributed by atoms with E-state index in [0.29, 0.717) is 22.9 Å².